The summed E-state index contributed by atoms with van der Waals surface area (Å²) in [6, 6.07) is 6.49. The quantitative estimate of drug-likeness (QED) is 0.488. The average Bonchev–Trinajstić information content (AvgIpc) is 3.00. The van der Waals surface area contributed by atoms with Gasteiger partial charge in [-0.2, -0.15) is 0 Å². The Labute approximate surface area is 141 Å². The van der Waals surface area contributed by atoms with Gasteiger partial charge in [-0.15, -0.1) is 5.10 Å². The molecule has 0 bridgehead atoms. The number of thioether (sulfide) groups is 1. The van der Waals surface area contributed by atoms with E-state index in [0.29, 0.717) is 28.7 Å². The van der Waals surface area contributed by atoms with Crippen molar-refractivity contribution in [2.75, 3.05) is 6.61 Å². The van der Waals surface area contributed by atoms with Crippen LogP contribution in [0, 0.1) is 0 Å². The Kier molecular flexibility index (Phi) is 5.96. The number of hydrogen-bond acceptors (Lipinski definition) is 6. The molecule has 0 saturated heterocycles. The van der Waals surface area contributed by atoms with E-state index in [2.05, 4.69) is 15.2 Å². The topological polar surface area (TPSA) is 125 Å². The van der Waals surface area contributed by atoms with Crippen molar-refractivity contribution >= 4 is 29.8 Å². The first kappa shape index (κ1) is 17.5. The second-order valence-corrected chi connectivity index (χ2v) is 5.60. The number of rotatable bonds is 8. The molecule has 1 aromatic carbocycles. The van der Waals surface area contributed by atoms with Gasteiger partial charge in [0.15, 0.2) is 6.61 Å². The van der Waals surface area contributed by atoms with Crippen LogP contribution < -0.4 is 4.74 Å². The van der Waals surface area contributed by atoms with Gasteiger partial charge in [-0.1, -0.05) is 19.1 Å². The number of hydrogen-bond donors (Lipinski definition) is 3. The van der Waals surface area contributed by atoms with Crippen LogP contribution in [0.25, 0.3) is 6.08 Å². The second kappa shape index (κ2) is 8.16. The zero-order valence-corrected chi connectivity index (χ0v) is 13.5. The molecule has 126 valence electrons. The van der Waals surface area contributed by atoms with Gasteiger partial charge in [0.1, 0.15) is 16.5 Å². The summed E-state index contributed by atoms with van der Waals surface area (Å²) in [5.74, 6) is -1.19. The molecule has 0 unspecified atom stereocenters. The monoisotopic (exact) mass is 349 g/mol. The lowest BCUT2D eigenvalue weighted by Crippen LogP contribution is -2.09. The lowest BCUT2D eigenvalue weighted by atomic mass is 10.2. The zero-order chi connectivity index (χ0) is 17.5. The number of H-pyrrole nitrogens is 1. The third kappa shape index (κ3) is 5.13. The number of ether oxygens (including phenoxy) is 1. The van der Waals surface area contributed by atoms with Gasteiger partial charge >= 0.3 is 11.9 Å². The molecule has 0 fully saturated rings. The first-order valence-corrected chi connectivity index (χ1v) is 7.78. The third-order valence-corrected chi connectivity index (χ3v) is 3.65. The minimum absolute atomic E-state index is 0.0343. The van der Waals surface area contributed by atoms with E-state index < -0.39 is 18.5 Å². The molecule has 0 amide bonds. The van der Waals surface area contributed by atoms with Crippen molar-refractivity contribution in [1.82, 2.24) is 15.2 Å². The Balaban J connectivity index is 2.19. The highest BCUT2D eigenvalue weighted by molar-refractivity contribution is 8.04. The smallest absolute Gasteiger partial charge is 0.342 e. The number of benzene rings is 1. The van der Waals surface area contributed by atoms with Crippen molar-refractivity contribution in [3.8, 4) is 5.75 Å². The SMILES string of the molecule is CCc1nc(S/C(=C\c2cccc(OCC(=O)O)c2)C(=O)O)n[nH]1. The van der Waals surface area contributed by atoms with E-state index >= 15 is 0 Å². The van der Waals surface area contributed by atoms with Gasteiger partial charge in [-0.05, 0) is 35.5 Å². The van der Waals surface area contributed by atoms with Crippen molar-refractivity contribution in [3.05, 3.63) is 40.6 Å². The highest BCUT2D eigenvalue weighted by atomic mass is 32.2. The second-order valence-electron chi connectivity index (χ2n) is 4.59. The molecule has 9 heteroatoms. The fourth-order valence-corrected chi connectivity index (χ4v) is 2.43. The van der Waals surface area contributed by atoms with Gasteiger partial charge in [0, 0.05) is 6.42 Å². The van der Waals surface area contributed by atoms with Crippen LogP contribution in [0.1, 0.15) is 18.3 Å². The number of nitrogens with one attached hydrogen (secondary N) is 1. The molecule has 0 radical (unpaired) electrons. The summed E-state index contributed by atoms with van der Waals surface area (Å²) in [6.07, 6.45) is 2.12. The van der Waals surface area contributed by atoms with Gasteiger partial charge in [0.2, 0.25) is 5.16 Å². The predicted octanol–water partition coefficient (Wildman–Crippen LogP) is 2.05. The average molecular weight is 349 g/mol. The molecule has 0 atom stereocenters. The van der Waals surface area contributed by atoms with Crippen LogP contribution in [0.4, 0.5) is 0 Å². The number of carboxylic acids is 2. The zero-order valence-electron chi connectivity index (χ0n) is 12.7. The molecule has 0 aliphatic rings. The molecule has 1 heterocycles. The normalized spacial score (nSPS) is 11.3. The Morgan fingerprint density at radius 1 is 1.38 bits per heavy atom. The number of aryl methyl sites for hydroxylation is 1. The molecule has 0 aliphatic carbocycles. The van der Waals surface area contributed by atoms with Crippen molar-refractivity contribution in [2.24, 2.45) is 0 Å². The van der Waals surface area contributed by atoms with Gasteiger partial charge in [-0.25, -0.2) is 14.6 Å². The van der Waals surface area contributed by atoms with Crippen LogP contribution >= 0.6 is 11.8 Å². The van der Waals surface area contributed by atoms with E-state index in [0.717, 1.165) is 11.8 Å². The van der Waals surface area contributed by atoms with Gasteiger partial charge in [0.05, 0.1) is 0 Å². The standard InChI is InChI=1S/C15H15N3O5S/c1-2-12-16-15(18-17-12)24-11(14(21)22)7-9-4-3-5-10(6-9)23-8-13(19)20/h3-7H,2,8H2,1H3,(H,19,20)(H,21,22)(H,16,17,18)/b11-7-. The largest absolute Gasteiger partial charge is 0.482 e. The summed E-state index contributed by atoms with van der Waals surface area (Å²) in [5.41, 5.74) is 0.564. The van der Waals surface area contributed by atoms with Crippen molar-refractivity contribution in [3.63, 3.8) is 0 Å². The summed E-state index contributed by atoms with van der Waals surface area (Å²) in [6.45, 7) is 1.44. The number of carboxylic acid groups (broad SMARTS) is 2. The molecule has 3 N–H and O–H groups in total. The first-order chi connectivity index (χ1) is 11.5. The molecule has 0 saturated carbocycles. The number of carbonyl (C=O) groups is 2. The van der Waals surface area contributed by atoms with E-state index in [1.807, 2.05) is 6.92 Å². The number of aliphatic carboxylic acids is 2. The van der Waals surface area contributed by atoms with Crippen LogP contribution in [0.5, 0.6) is 5.75 Å². The fraction of sp³-hybridized carbons (Fsp3) is 0.200. The molecule has 1 aromatic heterocycles. The lowest BCUT2D eigenvalue weighted by molar-refractivity contribution is -0.139. The van der Waals surface area contributed by atoms with Crippen molar-refractivity contribution in [1.29, 1.82) is 0 Å². The molecule has 2 rings (SSSR count). The Hall–Kier alpha value is -2.81. The molecule has 24 heavy (non-hydrogen) atoms. The third-order valence-electron chi connectivity index (χ3n) is 2.78. The Morgan fingerprint density at radius 3 is 2.79 bits per heavy atom. The van der Waals surface area contributed by atoms with Crippen molar-refractivity contribution < 1.29 is 24.5 Å². The van der Waals surface area contributed by atoms with Crippen molar-refractivity contribution in [2.45, 2.75) is 18.5 Å². The van der Waals surface area contributed by atoms with Gasteiger partial charge in [0.25, 0.3) is 0 Å². The number of aromatic nitrogens is 3. The van der Waals surface area contributed by atoms with E-state index in [-0.39, 0.29) is 4.91 Å². The first-order valence-electron chi connectivity index (χ1n) is 6.96. The van der Waals surface area contributed by atoms with Crippen LogP contribution in [0.2, 0.25) is 0 Å². The minimum atomic E-state index is -1.11. The lowest BCUT2D eigenvalue weighted by Gasteiger charge is -2.04. The van der Waals surface area contributed by atoms with E-state index in [1.165, 1.54) is 6.08 Å². The maximum atomic E-state index is 11.4. The molecular formula is C15H15N3O5S. The van der Waals surface area contributed by atoms with Crippen LogP contribution in [0.3, 0.4) is 0 Å². The van der Waals surface area contributed by atoms with Crippen LogP contribution in [-0.2, 0) is 16.0 Å². The number of aromatic amines is 1. The van der Waals surface area contributed by atoms with Gasteiger partial charge < -0.3 is 14.9 Å². The Bertz CT molecular complexity index is 772. The summed E-state index contributed by atoms with van der Waals surface area (Å²) < 4.78 is 5.07. The molecule has 0 spiro atoms. The van der Waals surface area contributed by atoms with Crippen LogP contribution in [-0.4, -0.2) is 43.9 Å². The van der Waals surface area contributed by atoms with E-state index in [1.54, 1.807) is 24.3 Å². The minimum Gasteiger partial charge on any atom is -0.482 e. The molecular weight excluding hydrogens is 334 g/mol. The number of nitrogens with zero attached hydrogens (tertiary/aromatic N) is 2. The highest BCUT2D eigenvalue weighted by Crippen LogP contribution is 2.26. The summed E-state index contributed by atoms with van der Waals surface area (Å²) in [5, 5.41) is 24.9. The Morgan fingerprint density at radius 2 is 2.17 bits per heavy atom. The van der Waals surface area contributed by atoms with Crippen LogP contribution in [0.15, 0.2) is 34.3 Å². The molecule has 8 nitrogen and oxygen atoms in total. The molecule has 0 aliphatic heterocycles. The van der Waals surface area contributed by atoms with E-state index in [9.17, 15) is 14.7 Å². The molecule has 2 aromatic rings. The fourth-order valence-electron chi connectivity index (χ4n) is 1.71. The summed E-state index contributed by atoms with van der Waals surface area (Å²) >= 11 is 0.925. The highest BCUT2D eigenvalue weighted by Gasteiger charge is 2.13. The maximum absolute atomic E-state index is 11.4. The summed E-state index contributed by atoms with van der Waals surface area (Å²) in [4.78, 5) is 26.1. The predicted molar refractivity (Wildman–Crippen MR) is 86.8 cm³/mol. The van der Waals surface area contributed by atoms with E-state index in [4.69, 9.17) is 9.84 Å². The maximum Gasteiger partial charge on any atom is 0.342 e. The van der Waals surface area contributed by atoms with Gasteiger partial charge in [-0.3, -0.25) is 5.10 Å². The summed E-state index contributed by atoms with van der Waals surface area (Å²) in [7, 11) is 0.